The Hall–Kier alpha value is -1.63. The van der Waals surface area contributed by atoms with E-state index < -0.39 is 30.1 Å². The molecule has 0 saturated carbocycles. The predicted molar refractivity (Wildman–Crippen MR) is 87.6 cm³/mol. The number of benzene rings is 1. The van der Waals surface area contributed by atoms with Crippen molar-refractivity contribution in [2.45, 2.75) is 32.7 Å². The normalized spacial score (nSPS) is 12.0. The molecule has 6 nitrogen and oxygen atoms in total. The molecule has 3 N–H and O–H groups in total. The molecule has 1 rings (SSSR count). The van der Waals surface area contributed by atoms with Crippen LogP contribution < -0.4 is 10.9 Å². The lowest BCUT2D eigenvalue weighted by molar-refractivity contribution is -0.140. The summed E-state index contributed by atoms with van der Waals surface area (Å²) in [6.45, 7) is 3.73. The first-order chi connectivity index (χ1) is 10.7. The lowest BCUT2D eigenvalue weighted by Crippen LogP contribution is -2.49. The summed E-state index contributed by atoms with van der Waals surface area (Å²) in [5.74, 6) is -2.11. The van der Waals surface area contributed by atoms with Crippen LogP contribution in [-0.4, -0.2) is 28.8 Å². The van der Waals surface area contributed by atoms with Crippen LogP contribution in [0, 0.1) is 5.92 Å². The molecule has 8 heteroatoms. The Morgan fingerprint density at radius 3 is 2.43 bits per heavy atom. The van der Waals surface area contributed by atoms with Crippen molar-refractivity contribution in [1.29, 1.82) is 0 Å². The highest BCUT2D eigenvalue weighted by Gasteiger charge is 2.20. The van der Waals surface area contributed by atoms with E-state index >= 15 is 0 Å². The van der Waals surface area contributed by atoms with E-state index in [2.05, 4.69) is 10.9 Å². The summed E-state index contributed by atoms with van der Waals surface area (Å²) in [4.78, 5) is 34.9. The van der Waals surface area contributed by atoms with Gasteiger partial charge in [0, 0.05) is 10.6 Å². The molecule has 0 aliphatic carbocycles. The molecule has 0 aromatic heterocycles. The lowest BCUT2D eigenvalue weighted by atomic mass is 10.0. The highest BCUT2D eigenvalue weighted by atomic mass is 35.5. The fourth-order valence-electron chi connectivity index (χ4n) is 1.86. The Kier molecular flexibility index (Phi) is 7.48. The summed E-state index contributed by atoms with van der Waals surface area (Å²) in [6, 6.07) is 3.46. The smallest absolute Gasteiger partial charge is 0.322 e. The maximum absolute atomic E-state index is 12.0. The predicted octanol–water partition coefficient (Wildman–Crippen LogP) is 2.69. The largest absolute Gasteiger partial charge is 0.480 e. The number of hydrogen-bond donors (Lipinski definition) is 3. The molecule has 0 spiro atoms. The highest BCUT2D eigenvalue weighted by Crippen LogP contribution is 2.21. The Labute approximate surface area is 144 Å². The lowest BCUT2D eigenvalue weighted by Gasteiger charge is -2.17. The number of amides is 1. The molecule has 0 heterocycles. The fourth-order valence-corrected chi connectivity index (χ4v) is 2.25. The van der Waals surface area contributed by atoms with E-state index in [0.29, 0.717) is 11.4 Å². The maximum atomic E-state index is 12.0. The van der Waals surface area contributed by atoms with Gasteiger partial charge in [-0.05, 0) is 30.5 Å². The third-order valence-corrected chi connectivity index (χ3v) is 3.51. The second-order valence-corrected chi connectivity index (χ2v) is 6.28. The number of hydrogen-bond acceptors (Lipinski definition) is 4. The summed E-state index contributed by atoms with van der Waals surface area (Å²) in [5.41, 5.74) is 4.80. The van der Waals surface area contributed by atoms with Gasteiger partial charge in [0.1, 0.15) is 6.04 Å². The van der Waals surface area contributed by atoms with Gasteiger partial charge in [-0.15, -0.1) is 0 Å². The number of carboxylic acid groups (broad SMARTS) is 1. The molecular formula is C15H18Cl2N2O4. The number of halogens is 2. The van der Waals surface area contributed by atoms with Gasteiger partial charge in [0.2, 0.25) is 5.91 Å². The number of ketones is 1. The third kappa shape index (κ3) is 6.56. The number of rotatable bonds is 8. The van der Waals surface area contributed by atoms with Crippen molar-refractivity contribution in [2.24, 2.45) is 5.92 Å². The van der Waals surface area contributed by atoms with Crippen LogP contribution in [0.1, 0.15) is 37.0 Å². The molecule has 0 aliphatic rings. The first-order valence-electron chi connectivity index (χ1n) is 6.96. The standard InChI is InChI=1S/C15H18Cl2N2O4/c1-8(2)5-12(15(22)23)18-19-14(21)7-13(20)10-6-9(16)3-4-11(10)17/h3-4,6,8,12,18H,5,7H2,1-2H3,(H,19,21)(H,22,23). The van der Waals surface area contributed by atoms with Gasteiger partial charge < -0.3 is 5.11 Å². The minimum absolute atomic E-state index is 0.132. The van der Waals surface area contributed by atoms with Crippen molar-refractivity contribution in [2.75, 3.05) is 0 Å². The SMILES string of the molecule is CC(C)CC(NNC(=O)CC(=O)c1cc(Cl)ccc1Cl)C(=O)O. The van der Waals surface area contributed by atoms with E-state index in [1.165, 1.54) is 18.2 Å². The van der Waals surface area contributed by atoms with Crippen LogP contribution in [0.5, 0.6) is 0 Å². The van der Waals surface area contributed by atoms with Crippen molar-refractivity contribution in [1.82, 2.24) is 10.9 Å². The number of carbonyl (C=O) groups excluding carboxylic acids is 2. The Balaban J connectivity index is 2.60. The van der Waals surface area contributed by atoms with Crippen LogP contribution in [0.3, 0.4) is 0 Å². The van der Waals surface area contributed by atoms with Crippen molar-refractivity contribution >= 4 is 40.9 Å². The van der Waals surface area contributed by atoms with Gasteiger partial charge in [0.05, 0.1) is 11.4 Å². The molecule has 1 unspecified atom stereocenters. The average Bonchev–Trinajstić information content (AvgIpc) is 2.45. The Bertz CT molecular complexity index is 605. The van der Waals surface area contributed by atoms with E-state index in [9.17, 15) is 14.4 Å². The first kappa shape index (κ1) is 19.4. The quantitative estimate of drug-likeness (QED) is 0.376. The summed E-state index contributed by atoms with van der Waals surface area (Å²) in [5, 5.41) is 9.58. The fraction of sp³-hybridized carbons (Fsp3) is 0.400. The molecule has 23 heavy (non-hydrogen) atoms. The van der Waals surface area contributed by atoms with E-state index in [4.69, 9.17) is 28.3 Å². The monoisotopic (exact) mass is 360 g/mol. The summed E-state index contributed by atoms with van der Waals surface area (Å²) >= 11 is 11.7. The Morgan fingerprint density at radius 1 is 1.22 bits per heavy atom. The molecule has 1 aromatic rings. The summed E-state index contributed by atoms with van der Waals surface area (Å²) in [7, 11) is 0. The minimum Gasteiger partial charge on any atom is -0.480 e. The van der Waals surface area contributed by atoms with Gasteiger partial charge in [-0.3, -0.25) is 19.8 Å². The maximum Gasteiger partial charge on any atom is 0.322 e. The van der Waals surface area contributed by atoms with Gasteiger partial charge in [-0.25, -0.2) is 5.43 Å². The molecule has 0 aliphatic heterocycles. The number of carbonyl (C=O) groups is 3. The van der Waals surface area contributed by atoms with Crippen LogP contribution in [0.25, 0.3) is 0 Å². The van der Waals surface area contributed by atoms with Crippen LogP contribution >= 0.6 is 23.2 Å². The number of Topliss-reactive ketones (excluding diaryl/α,β-unsaturated/α-hetero) is 1. The van der Waals surface area contributed by atoms with Crippen LogP contribution in [0.15, 0.2) is 18.2 Å². The summed E-state index contributed by atoms with van der Waals surface area (Å²) in [6.07, 6.45) is -0.134. The molecule has 1 atom stereocenters. The highest BCUT2D eigenvalue weighted by molar-refractivity contribution is 6.36. The number of hydrazine groups is 1. The molecule has 0 fully saturated rings. The van der Waals surface area contributed by atoms with Gasteiger partial charge >= 0.3 is 5.97 Å². The molecule has 1 amide bonds. The van der Waals surface area contributed by atoms with Crippen molar-refractivity contribution in [3.63, 3.8) is 0 Å². The summed E-state index contributed by atoms with van der Waals surface area (Å²) < 4.78 is 0. The molecular weight excluding hydrogens is 343 g/mol. The minimum atomic E-state index is -1.08. The molecule has 0 bridgehead atoms. The van der Waals surface area contributed by atoms with E-state index in [-0.39, 0.29) is 16.5 Å². The molecule has 1 aromatic carbocycles. The topological polar surface area (TPSA) is 95.5 Å². The second-order valence-electron chi connectivity index (χ2n) is 5.44. The van der Waals surface area contributed by atoms with Gasteiger partial charge in [-0.1, -0.05) is 37.0 Å². The van der Waals surface area contributed by atoms with E-state index in [1.54, 1.807) is 0 Å². The van der Waals surface area contributed by atoms with Crippen LogP contribution in [0.2, 0.25) is 10.0 Å². The number of nitrogens with one attached hydrogen (secondary N) is 2. The van der Waals surface area contributed by atoms with Crippen LogP contribution in [-0.2, 0) is 9.59 Å². The van der Waals surface area contributed by atoms with Crippen LogP contribution in [0.4, 0.5) is 0 Å². The van der Waals surface area contributed by atoms with E-state index in [1.807, 2.05) is 13.8 Å². The van der Waals surface area contributed by atoms with Gasteiger partial charge in [0.15, 0.2) is 5.78 Å². The first-order valence-corrected chi connectivity index (χ1v) is 7.71. The molecule has 0 radical (unpaired) electrons. The van der Waals surface area contributed by atoms with Gasteiger partial charge in [0.25, 0.3) is 0 Å². The number of aliphatic carboxylic acids is 1. The average molecular weight is 361 g/mol. The zero-order valence-corrected chi connectivity index (χ0v) is 14.2. The van der Waals surface area contributed by atoms with Gasteiger partial charge in [-0.2, -0.15) is 0 Å². The van der Waals surface area contributed by atoms with Crippen molar-refractivity contribution < 1.29 is 19.5 Å². The molecule has 0 saturated heterocycles. The number of carboxylic acids is 1. The second kappa shape index (κ2) is 8.86. The zero-order valence-electron chi connectivity index (χ0n) is 12.7. The van der Waals surface area contributed by atoms with E-state index in [0.717, 1.165) is 0 Å². The zero-order chi connectivity index (χ0) is 17.6. The van der Waals surface area contributed by atoms with Crippen molar-refractivity contribution in [3.05, 3.63) is 33.8 Å². The van der Waals surface area contributed by atoms with Crippen molar-refractivity contribution in [3.8, 4) is 0 Å². The third-order valence-electron chi connectivity index (χ3n) is 2.94. The Morgan fingerprint density at radius 2 is 1.87 bits per heavy atom. The molecule has 126 valence electrons.